The van der Waals surface area contributed by atoms with Crippen molar-refractivity contribution in [2.24, 2.45) is 9.98 Å². The monoisotopic (exact) mass is 221 g/mol. The fourth-order valence-electron chi connectivity index (χ4n) is 1.55. The summed E-state index contributed by atoms with van der Waals surface area (Å²) < 4.78 is 0. The maximum absolute atomic E-state index is 9.12. The van der Waals surface area contributed by atoms with Crippen molar-refractivity contribution in [1.29, 1.82) is 0 Å². The molecule has 0 aromatic heterocycles. The maximum atomic E-state index is 9.12. The van der Waals surface area contributed by atoms with E-state index in [1.54, 1.807) is 13.1 Å². The Labute approximate surface area is 96.7 Å². The molecule has 16 heavy (non-hydrogen) atoms. The summed E-state index contributed by atoms with van der Waals surface area (Å²) in [5, 5.41) is 9.12. The number of nitrogens with zero attached hydrogens (tertiary/aromatic N) is 3. The quantitative estimate of drug-likeness (QED) is 0.337. The molecule has 0 spiro atoms. The molecule has 0 radical (unpaired) electrons. The van der Waals surface area contributed by atoms with E-state index in [4.69, 9.17) is 5.11 Å². The fraction of sp³-hybridized carbons (Fsp3) is 0.500. The molecule has 0 aliphatic carbocycles. The second kappa shape index (κ2) is 6.10. The summed E-state index contributed by atoms with van der Waals surface area (Å²) in [6, 6.07) is 0. The van der Waals surface area contributed by atoms with Gasteiger partial charge < -0.3 is 10.0 Å². The van der Waals surface area contributed by atoms with E-state index >= 15 is 0 Å². The molecule has 0 amide bonds. The van der Waals surface area contributed by atoms with Crippen LogP contribution in [0, 0.1) is 0 Å². The Morgan fingerprint density at radius 1 is 1.31 bits per heavy atom. The lowest BCUT2D eigenvalue weighted by atomic mass is 10.1. The zero-order valence-corrected chi connectivity index (χ0v) is 9.82. The number of aliphatic imine (C=N–C) groups is 2. The highest BCUT2D eigenvalue weighted by Crippen LogP contribution is 2.10. The smallest absolute Gasteiger partial charge is 0.224 e. The zero-order valence-electron chi connectivity index (χ0n) is 9.82. The number of likely N-dealkylation sites (tertiary alicyclic amines) is 1. The Hall–Kier alpha value is -1.58. The predicted octanol–water partition coefficient (Wildman–Crippen LogP) is 2.50. The van der Waals surface area contributed by atoms with Crippen LogP contribution in [0.2, 0.25) is 0 Å². The fourth-order valence-corrected chi connectivity index (χ4v) is 1.55. The third-order valence-corrected chi connectivity index (χ3v) is 2.61. The second-order valence-corrected chi connectivity index (χ2v) is 3.89. The van der Waals surface area contributed by atoms with Crippen LogP contribution < -0.4 is 0 Å². The van der Waals surface area contributed by atoms with Crippen LogP contribution in [0.3, 0.4) is 0 Å². The number of hydrogen-bond donors (Lipinski definition) is 1. The van der Waals surface area contributed by atoms with Gasteiger partial charge in [0.05, 0.1) is 0 Å². The van der Waals surface area contributed by atoms with Gasteiger partial charge in [-0.25, -0.2) is 9.98 Å². The Morgan fingerprint density at radius 3 is 2.44 bits per heavy atom. The maximum Gasteiger partial charge on any atom is 0.224 e. The van der Waals surface area contributed by atoms with Crippen molar-refractivity contribution >= 4 is 12.7 Å². The highest BCUT2D eigenvalue weighted by molar-refractivity contribution is 5.84. The largest absolute Gasteiger partial charge is 0.508 e. The Bertz CT molecular complexity index is 325. The average Bonchev–Trinajstić information content (AvgIpc) is 2.30. The minimum absolute atomic E-state index is 0.0332. The van der Waals surface area contributed by atoms with Crippen LogP contribution in [0.4, 0.5) is 0 Å². The summed E-state index contributed by atoms with van der Waals surface area (Å²) in [6.45, 7) is 10.7. The van der Waals surface area contributed by atoms with Gasteiger partial charge in [0.25, 0.3) is 0 Å². The summed E-state index contributed by atoms with van der Waals surface area (Å²) in [6.07, 6.45) is 5.18. The number of hydrogen-bond acceptors (Lipinski definition) is 2. The summed E-state index contributed by atoms with van der Waals surface area (Å²) in [5.41, 5.74) is 0.637. The summed E-state index contributed by atoms with van der Waals surface area (Å²) in [4.78, 5) is 10.2. The summed E-state index contributed by atoms with van der Waals surface area (Å²) in [5.74, 6) is 0.658. The molecule has 0 saturated carbocycles. The number of allylic oxidation sites excluding steroid dienone is 1. The van der Waals surface area contributed by atoms with Crippen LogP contribution in [-0.2, 0) is 0 Å². The van der Waals surface area contributed by atoms with Crippen LogP contribution in [0.5, 0.6) is 0 Å². The number of aliphatic hydroxyl groups excluding tert-OH is 1. The van der Waals surface area contributed by atoms with E-state index in [-0.39, 0.29) is 5.76 Å². The van der Waals surface area contributed by atoms with E-state index < -0.39 is 0 Å². The minimum Gasteiger partial charge on any atom is -0.508 e. The Balaban J connectivity index is 2.72. The predicted molar refractivity (Wildman–Crippen MR) is 67.9 cm³/mol. The minimum atomic E-state index is 0.0332. The van der Waals surface area contributed by atoms with Crippen LogP contribution in [0.25, 0.3) is 0 Å². The average molecular weight is 221 g/mol. The van der Waals surface area contributed by atoms with Crippen molar-refractivity contribution in [1.82, 2.24) is 4.90 Å². The van der Waals surface area contributed by atoms with Gasteiger partial charge in [-0.2, -0.15) is 0 Å². The lowest BCUT2D eigenvalue weighted by Crippen LogP contribution is -2.34. The molecule has 4 nitrogen and oxygen atoms in total. The molecule has 1 rings (SSSR count). The van der Waals surface area contributed by atoms with Gasteiger partial charge >= 0.3 is 0 Å². The van der Waals surface area contributed by atoms with E-state index in [1.165, 1.54) is 19.3 Å². The van der Waals surface area contributed by atoms with Crippen molar-refractivity contribution < 1.29 is 5.11 Å². The molecule has 1 aliphatic rings. The van der Waals surface area contributed by atoms with Gasteiger partial charge in [0, 0.05) is 24.9 Å². The molecule has 1 aliphatic heterocycles. The van der Waals surface area contributed by atoms with Crippen LogP contribution in [-0.4, -0.2) is 35.8 Å². The number of rotatable bonds is 2. The van der Waals surface area contributed by atoms with Crippen molar-refractivity contribution in [3.05, 3.63) is 24.1 Å². The number of aliphatic hydroxyl groups is 1. The molecule has 0 unspecified atom stereocenters. The van der Waals surface area contributed by atoms with Gasteiger partial charge in [0.2, 0.25) is 5.96 Å². The van der Waals surface area contributed by atoms with Crippen molar-refractivity contribution in [2.45, 2.75) is 26.2 Å². The van der Waals surface area contributed by atoms with Crippen molar-refractivity contribution in [3.63, 3.8) is 0 Å². The second-order valence-electron chi connectivity index (χ2n) is 3.89. The Morgan fingerprint density at radius 2 is 1.94 bits per heavy atom. The van der Waals surface area contributed by atoms with E-state index in [9.17, 15) is 0 Å². The zero-order chi connectivity index (χ0) is 12.0. The third-order valence-electron chi connectivity index (χ3n) is 2.61. The standard InChI is InChI=1S/C12H19N3O/c1-10(11(2)16)9-14-12(13-3)15-7-5-4-6-8-15/h9,16H,2-8H2,1H3/b10-9+,14-12?. The van der Waals surface area contributed by atoms with E-state index in [0.717, 1.165) is 13.1 Å². The lowest BCUT2D eigenvalue weighted by Gasteiger charge is -2.26. The summed E-state index contributed by atoms with van der Waals surface area (Å²) >= 11 is 0. The first-order chi connectivity index (χ1) is 7.65. The topological polar surface area (TPSA) is 48.2 Å². The molecule has 0 atom stereocenters. The molecule has 0 aromatic carbocycles. The number of guanidine groups is 1. The van der Waals surface area contributed by atoms with Crippen LogP contribution in [0.15, 0.2) is 34.1 Å². The molecule has 4 heteroatoms. The van der Waals surface area contributed by atoms with Crippen molar-refractivity contribution in [2.75, 3.05) is 13.1 Å². The molecule has 88 valence electrons. The molecule has 0 bridgehead atoms. The summed E-state index contributed by atoms with van der Waals surface area (Å²) in [7, 11) is 0. The van der Waals surface area contributed by atoms with Crippen LogP contribution >= 0.6 is 0 Å². The normalized spacial score (nSPS) is 18.4. The molecule has 1 saturated heterocycles. The van der Waals surface area contributed by atoms with Gasteiger partial charge in [-0.1, -0.05) is 6.58 Å². The first-order valence-electron chi connectivity index (χ1n) is 5.49. The molecule has 1 heterocycles. The van der Waals surface area contributed by atoms with E-state index in [1.807, 2.05) is 0 Å². The highest BCUT2D eigenvalue weighted by atomic mass is 16.3. The van der Waals surface area contributed by atoms with Gasteiger partial charge in [0.15, 0.2) is 0 Å². The van der Waals surface area contributed by atoms with Gasteiger partial charge in [0.1, 0.15) is 5.76 Å². The molecule has 1 fully saturated rings. The van der Waals surface area contributed by atoms with Crippen LogP contribution in [0.1, 0.15) is 26.2 Å². The Kier molecular flexibility index (Phi) is 4.76. The van der Waals surface area contributed by atoms with Gasteiger partial charge in [-0.05, 0) is 32.9 Å². The van der Waals surface area contributed by atoms with Crippen molar-refractivity contribution in [3.8, 4) is 0 Å². The van der Waals surface area contributed by atoms with Gasteiger partial charge in [-0.3, -0.25) is 0 Å². The first kappa shape index (κ1) is 12.5. The molecule has 1 N–H and O–H groups in total. The molecular formula is C12H19N3O. The van der Waals surface area contributed by atoms with E-state index in [0.29, 0.717) is 11.5 Å². The van der Waals surface area contributed by atoms with Gasteiger partial charge in [-0.15, -0.1) is 0 Å². The molecule has 0 aromatic rings. The number of piperidine rings is 1. The SMILES string of the molecule is C=NC(=N/C=C(\C)C(=C)O)N1CCCCC1. The lowest BCUT2D eigenvalue weighted by molar-refractivity contribution is 0.339. The third kappa shape index (κ3) is 3.53. The first-order valence-corrected chi connectivity index (χ1v) is 5.49. The highest BCUT2D eigenvalue weighted by Gasteiger charge is 2.12. The van der Waals surface area contributed by atoms with E-state index in [2.05, 4.69) is 28.2 Å². The molecular weight excluding hydrogens is 202 g/mol.